The van der Waals surface area contributed by atoms with Gasteiger partial charge in [0.2, 0.25) is 12.8 Å². The topological polar surface area (TPSA) is 40.6 Å². The first-order valence-corrected chi connectivity index (χ1v) is 6.18. The van der Waals surface area contributed by atoms with E-state index in [4.69, 9.17) is 0 Å². The molecule has 2 atom stereocenters. The molecule has 0 aromatic heterocycles. The highest BCUT2D eigenvalue weighted by Gasteiger charge is 2.31. The Kier molecular flexibility index (Phi) is 5.29. The molecule has 1 aliphatic rings. The summed E-state index contributed by atoms with van der Waals surface area (Å²) in [5, 5.41) is 0. The largest absolute Gasteiger partial charge is 0.338 e. The Morgan fingerprint density at radius 1 is 0.938 bits per heavy atom. The summed E-state index contributed by atoms with van der Waals surface area (Å²) in [6.45, 7) is 5.60. The fraction of sp³-hybridized carbons (Fsp3) is 0.833. The predicted octanol–water partition coefficient (Wildman–Crippen LogP) is 1.25. The van der Waals surface area contributed by atoms with Gasteiger partial charge in [0.05, 0.1) is 0 Å². The van der Waals surface area contributed by atoms with Crippen LogP contribution in [0.3, 0.4) is 0 Å². The molecule has 1 saturated heterocycles. The minimum Gasteiger partial charge on any atom is -0.338 e. The van der Waals surface area contributed by atoms with Crippen molar-refractivity contribution in [1.29, 1.82) is 0 Å². The van der Waals surface area contributed by atoms with Crippen LogP contribution in [-0.4, -0.2) is 47.8 Å². The molecule has 2 unspecified atom stereocenters. The normalized spacial score (nSPS) is 25.6. The van der Waals surface area contributed by atoms with Gasteiger partial charge in [-0.15, -0.1) is 0 Å². The average molecular weight is 226 g/mol. The zero-order chi connectivity index (χ0) is 12.0. The van der Waals surface area contributed by atoms with E-state index in [1.165, 1.54) is 0 Å². The lowest BCUT2D eigenvalue weighted by Gasteiger charge is -2.43. The molecule has 0 aromatic rings. The highest BCUT2D eigenvalue weighted by Crippen LogP contribution is 2.19. The third-order valence-electron chi connectivity index (χ3n) is 3.30. The van der Waals surface area contributed by atoms with Crippen molar-refractivity contribution in [3.63, 3.8) is 0 Å². The average Bonchev–Trinajstić information content (AvgIpc) is 2.31. The third-order valence-corrected chi connectivity index (χ3v) is 3.30. The highest BCUT2D eigenvalue weighted by molar-refractivity contribution is 5.52. The van der Waals surface area contributed by atoms with E-state index < -0.39 is 0 Å². The Labute approximate surface area is 97.6 Å². The summed E-state index contributed by atoms with van der Waals surface area (Å²) in [5.41, 5.74) is 0. The molecule has 0 aliphatic carbocycles. The Morgan fingerprint density at radius 2 is 1.31 bits per heavy atom. The summed E-state index contributed by atoms with van der Waals surface area (Å²) < 4.78 is 0. The molecule has 1 fully saturated rings. The van der Waals surface area contributed by atoms with Gasteiger partial charge in [0, 0.05) is 25.2 Å². The van der Waals surface area contributed by atoms with Gasteiger partial charge in [0.1, 0.15) is 0 Å². The van der Waals surface area contributed by atoms with Crippen LogP contribution in [0.25, 0.3) is 0 Å². The van der Waals surface area contributed by atoms with Gasteiger partial charge >= 0.3 is 0 Å². The summed E-state index contributed by atoms with van der Waals surface area (Å²) in [6.07, 6.45) is 5.90. The van der Waals surface area contributed by atoms with Crippen molar-refractivity contribution in [1.82, 2.24) is 9.80 Å². The molecule has 0 radical (unpaired) electrons. The Bertz CT molecular complexity index is 209. The second-order valence-electron chi connectivity index (χ2n) is 4.49. The fourth-order valence-corrected chi connectivity index (χ4v) is 2.43. The van der Waals surface area contributed by atoms with E-state index in [0.717, 1.165) is 38.5 Å². The van der Waals surface area contributed by atoms with Crippen LogP contribution in [0, 0.1) is 0 Å². The summed E-state index contributed by atoms with van der Waals surface area (Å²) in [6, 6.07) is 0.418. The lowest BCUT2D eigenvalue weighted by Crippen LogP contribution is -2.57. The Hall–Kier alpha value is -1.06. The van der Waals surface area contributed by atoms with E-state index in [1.807, 2.05) is 9.80 Å². The molecular weight excluding hydrogens is 204 g/mol. The predicted molar refractivity (Wildman–Crippen MR) is 62.9 cm³/mol. The van der Waals surface area contributed by atoms with Crippen molar-refractivity contribution in [3.8, 4) is 0 Å². The molecule has 0 N–H and O–H groups in total. The van der Waals surface area contributed by atoms with Crippen molar-refractivity contribution in [2.24, 2.45) is 0 Å². The van der Waals surface area contributed by atoms with Crippen LogP contribution in [0.15, 0.2) is 0 Å². The molecule has 4 heteroatoms. The molecule has 0 saturated carbocycles. The van der Waals surface area contributed by atoms with Crippen LogP contribution in [0.5, 0.6) is 0 Å². The standard InChI is InChI=1S/C12H22N2O2/c1-3-5-11-7-14(10-16)12(6-4-2)8-13(11)9-15/h9-12H,3-8H2,1-2H3. The molecule has 1 heterocycles. The molecular formula is C12H22N2O2. The third kappa shape index (κ3) is 2.97. The maximum atomic E-state index is 11.0. The van der Waals surface area contributed by atoms with Crippen molar-refractivity contribution < 1.29 is 9.59 Å². The first-order valence-electron chi connectivity index (χ1n) is 6.18. The van der Waals surface area contributed by atoms with Gasteiger partial charge in [0.25, 0.3) is 0 Å². The molecule has 16 heavy (non-hydrogen) atoms. The van der Waals surface area contributed by atoms with Gasteiger partial charge < -0.3 is 9.80 Å². The zero-order valence-electron chi connectivity index (χ0n) is 10.3. The lowest BCUT2D eigenvalue weighted by atomic mass is 10.0. The quantitative estimate of drug-likeness (QED) is 0.640. The van der Waals surface area contributed by atoms with Gasteiger partial charge in [-0.05, 0) is 12.8 Å². The molecule has 92 valence electrons. The van der Waals surface area contributed by atoms with Gasteiger partial charge in [-0.25, -0.2) is 0 Å². The minimum atomic E-state index is 0.209. The van der Waals surface area contributed by atoms with E-state index in [2.05, 4.69) is 13.8 Å². The van der Waals surface area contributed by atoms with E-state index in [9.17, 15) is 9.59 Å². The van der Waals surface area contributed by atoms with Gasteiger partial charge in [-0.1, -0.05) is 26.7 Å². The number of carbonyl (C=O) groups is 2. The summed E-state index contributed by atoms with van der Waals surface area (Å²) in [7, 11) is 0. The Morgan fingerprint density at radius 3 is 1.56 bits per heavy atom. The summed E-state index contributed by atoms with van der Waals surface area (Å²) in [4.78, 5) is 25.7. The number of hydrogen-bond acceptors (Lipinski definition) is 2. The van der Waals surface area contributed by atoms with E-state index in [1.54, 1.807) is 0 Å². The second kappa shape index (κ2) is 6.51. The van der Waals surface area contributed by atoms with Gasteiger partial charge in [-0.3, -0.25) is 9.59 Å². The smallest absolute Gasteiger partial charge is 0.210 e. The summed E-state index contributed by atoms with van der Waals surface area (Å²) in [5.74, 6) is 0. The van der Waals surface area contributed by atoms with Crippen molar-refractivity contribution in [3.05, 3.63) is 0 Å². The Balaban J connectivity index is 2.66. The number of carbonyl (C=O) groups excluding carboxylic acids is 2. The molecule has 1 aliphatic heterocycles. The number of rotatable bonds is 6. The van der Waals surface area contributed by atoms with E-state index in [0.29, 0.717) is 13.1 Å². The summed E-state index contributed by atoms with van der Waals surface area (Å²) >= 11 is 0. The number of hydrogen-bond donors (Lipinski definition) is 0. The molecule has 2 amide bonds. The second-order valence-corrected chi connectivity index (χ2v) is 4.49. The highest BCUT2D eigenvalue weighted by atomic mass is 16.1. The van der Waals surface area contributed by atoms with Crippen LogP contribution >= 0.6 is 0 Å². The first kappa shape index (κ1) is 13.0. The number of nitrogens with zero attached hydrogens (tertiary/aromatic N) is 2. The van der Waals surface area contributed by atoms with E-state index in [-0.39, 0.29) is 12.1 Å². The van der Waals surface area contributed by atoms with Gasteiger partial charge in [0.15, 0.2) is 0 Å². The van der Waals surface area contributed by atoms with Crippen molar-refractivity contribution in [2.45, 2.75) is 51.6 Å². The number of amides is 2. The maximum Gasteiger partial charge on any atom is 0.210 e. The van der Waals surface area contributed by atoms with Crippen molar-refractivity contribution >= 4 is 12.8 Å². The van der Waals surface area contributed by atoms with Crippen LogP contribution < -0.4 is 0 Å². The monoisotopic (exact) mass is 226 g/mol. The number of piperazine rings is 1. The molecule has 0 spiro atoms. The van der Waals surface area contributed by atoms with Crippen LogP contribution in [-0.2, 0) is 9.59 Å². The minimum absolute atomic E-state index is 0.209. The van der Waals surface area contributed by atoms with Crippen LogP contribution in [0.4, 0.5) is 0 Å². The zero-order valence-corrected chi connectivity index (χ0v) is 10.3. The lowest BCUT2D eigenvalue weighted by molar-refractivity contribution is -0.132. The van der Waals surface area contributed by atoms with Crippen LogP contribution in [0.1, 0.15) is 39.5 Å². The maximum absolute atomic E-state index is 11.0. The molecule has 4 nitrogen and oxygen atoms in total. The van der Waals surface area contributed by atoms with Crippen molar-refractivity contribution in [2.75, 3.05) is 13.1 Å². The molecule has 0 aromatic carbocycles. The fourth-order valence-electron chi connectivity index (χ4n) is 2.43. The van der Waals surface area contributed by atoms with E-state index >= 15 is 0 Å². The van der Waals surface area contributed by atoms with Gasteiger partial charge in [-0.2, -0.15) is 0 Å². The SMILES string of the molecule is CCCC1CN(C=O)C(CCC)CN1C=O. The first-order chi connectivity index (χ1) is 7.76. The molecule has 1 rings (SSSR count). The van der Waals surface area contributed by atoms with Crippen LogP contribution in [0.2, 0.25) is 0 Å². The molecule has 0 bridgehead atoms.